The topological polar surface area (TPSA) is 64.0 Å². The first-order valence-corrected chi connectivity index (χ1v) is 8.54. The summed E-state index contributed by atoms with van der Waals surface area (Å²) in [6.07, 6.45) is 3.37. The molecule has 1 aliphatic rings. The highest BCUT2D eigenvalue weighted by atomic mass is 32.1. The highest BCUT2D eigenvalue weighted by molar-refractivity contribution is 7.19. The summed E-state index contributed by atoms with van der Waals surface area (Å²) in [4.78, 5) is 30.0. The number of thiophene rings is 1. The normalized spacial score (nSPS) is 14.0. The summed E-state index contributed by atoms with van der Waals surface area (Å²) in [5.74, 6) is -2.17. The fourth-order valence-corrected chi connectivity index (χ4v) is 3.79. The maximum absolute atomic E-state index is 13.8. The van der Waals surface area contributed by atoms with E-state index in [2.05, 4.69) is 10.3 Å². The van der Waals surface area contributed by atoms with Crippen molar-refractivity contribution in [1.82, 2.24) is 9.55 Å². The van der Waals surface area contributed by atoms with Crippen molar-refractivity contribution in [1.29, 1.82) is 0 Å². The van der Waals surface area contributed by atoms with Gasteiger partial charge in [-0.15, -0.1) is 11.3 Å². The van der Waals surface area contributed by atoms with Crippen molar-refractivity contribution < 1.29 is 13.6 Å². The molecule has 1 fully saturated rings. The molecule has 4 rings (SSSR count). The predicted octanol–water partition coefficient (Wildman–Crippen LogP) is 3.63. The first-order valence-electron chi connectivity index (χ1n) is 7.72. The molecule has 2 aromatic heterocycles. The minimum atomic E-state index is -0.866. The summed E-state index contributed by atoms with van der Waals surface area (Å²) in [5.41, 5.74) is 0.261. The second kappa shape index (κ2) is 5.73. The summed E-state index contributed by atoms with van der Waals surface area (Å²) in [6.45, 7) is 1.71. The molecule has 0 bridgehead atoms. The molecule has 1 amide bonds. The maximum atomic E-state index is 13.8. The summed E-state index contributed by atoms with van der Waals surface area (Å²) in [5, 5.41) is 2.42. The molecule has 0 saturated heterocycles. The second-order valence-corrected chi connectivity index (χ2v) is 7.20. The SMILES string of the molecule is Cc1sc2c(=O)n(C3CC3)cnc2c1C(=O)Nc1ccc(F)cc1F. The number of nitrogens with zero attached hydrogens (tertiary/aromatic N) is 2. The van der Waals surface area contributed by atoms with Gasteiger partial charge in [0.1, 0.15) is 21.9 Å². The molecule has 1 aromatic carbocycles. The quantitative estimate of drug-likeness (QED) is 0.775. The Morgan fingerprint density at radius 2 is 2.12 bits per heavy atom. The van der Waals surface area contributed by atoms with Crippen LogP contribution in [-0.4, -0.2) is 15.5 Å². The molecule has 0 unspecified atom stereocenters. The zero-order valence-electron chi connectivity index (χ0n) is 13.2. The Kier molecular flexibility index (Phi) is 3.64. The van der Waals surface area contributed by atoms with Crippen LogP contribution in [0.3, 0.4) is 0 Å². The summed E-state index contributed by atoms with van der Waals surface area (Å²) in [6, 6.07) is 3.10. The molecule has 1 N–H and O–H groups in total. The van der Waals surface area contributed by atoms with Crippen molar-refractivity contribution in [3.63, 3.8) is 0 Å². The lowest BCUT2D eigenvalue weighted by Gasteiger charge is -2.07. The van der Waals surface area contributed by atoms with Crippen LogP contribution in [0, 0.1) is 18.6 Å². The van der Waals surface area contributed by atoms with Crippen LogP contribution in [0.4, 0.5) is 14.5 Å². The minimum absolute atomic E-state index is 0.128. The van der Waals surface area contributed by atoms with Gasteiger partial charge < -0.3 is 5.32 Å². The summed E-state index contributed by atoms with van der Waals surface area (Å²) >= 11 is 1.20. The molecule has 2 heterocycles. The van der Waals surface area contributed by atoms with E-state index in [1.54, 1.807) is 11.5 Å². The molecule has 128 valence electrons. The molecular weight excluding hydrogens is 348 g/mol. The van der Waals surface area contributed by atoms with E-state index >= 15 is 0 Å². The lowest BCUT2D eigenvalue weighted by molar-refractivity contribution is 0.102. The Morgan fingerprint density at radius 1 is 1.36 bits per heavy atom. The molecule has 5 nitrogen and oxygen atoms in total. The Balaban J connectivity index is 1.75. The van der Waals surface area contributed by atoms with Crippen LogP contribution in [0.25, 0.3) is 10.2 Å². The van der Waals surface area contributed by atoms with E-state index in [4.69, 9.17) is 0 Å². The second-order valence-electron chi connectivity index (χ2n) is 5.98. The number of fused-ring (bicyclic) bond motifs is 1. The number of hydrogen-bond donors (Lipinski definition) is 1. The van der Waals surface area contributed by atoms with E-state index in [1.165, 1.54) is 17.7 Å². The molecule has 0 radical (unpaired) electrons. The Morgan fingerprint density at radius 3 is 2.80 bits per heavy atom. The number of hydrogen-bond acceptors (Lipinski definition) is 4. The molecular formula is C17H13F2N3O2S. The third-order valence-electron chi connectivity index (χ3n) is 4.15. The molecule has 1 saturated carbocycles. The number of aromatic nitrogens is 2. The number of aryl methyl sites for hydroxylation is 1. The minimum Gasteiger partial charge on any atom is -0.319 e. The fourth-order valence-electron chi connectivity index (χ4n) is 2.75. The van der Waals surface area contributed by atoms with Crippen LogP contribution in [0.15, 0.2) is 29.3 Å². The third-order valence-corrected chi connectivity index (χ3v) is 5.23. The van der Waals surface area contributed by atoms with Crippen molar-refractivity contribution in [2.24, 2.45) is 0 Å². The first kappa shape index (κ1) is 15.9. The molecule has 25 heavy (non-hydrogen) atoms. The highest BCUT2D eigenvalue weighted by Gasteiger charge is 2.27. The largest absolute Gasteiger partial charge is 0.319 e. The van der Waals surface area contributed by atoms with Gasteiger partial charge in [-0.05, 0) is 31.9 Å². The molecule has 1 aliphatic carbocycles. The average Bonchev–Trinajstić information content (AvgIpc) is 3.33. The summed E-state index contributed by atoms with van der Waals surface area (Å²) in [7, 11) is 0. The van der Waals surface area contributed by atoms with Crippen molar-refractivity contribution in [3.8, 4) is 0 Å². The lowest BCUT2D eigenvalue weighted by Crippen LogP contribution is -2.19. The summed E-state index contributed by atoms with van der Waals surface area (Å²) < 4.78 is 28.8. The van der Waals surface area contributed by atoms with Crippen LogP contribution in [0.5, 0.6) is 0 Å². The van der Waals surface area contributed by atoms with E-state index in [0.717, 1.165) is 25.0 Å². The van der Waals surface area contributed by atoms with Crippen LogP contribution in [0.1, 0.15) is 34.1 Å². The average molecular weight is 361 g/mol. The standard InChI is InChI=1S/C17H13F2N3O2S/c1-8-13(16(23)21-12-5-2-9(18)6-11(12)19)14-15(25-8)17(24)22(7-20-14)10-3-4-10/h2,5-7,10H,3-4H2,1H3,(H,21,23). The number of carbonyl (C=O) groups excluding carboxylic acids is 1. The van der Waals surface area contributed by atoms with Gasteiger partial charge in [-0.2, -0.15) is 0 Å². The molecule has 0 aliphatic heterocycles. The Labute approximate surface area is 144 Å². The van der Waals surface area contributed by atoms with E-state index < -0.39 is 17.5 Å². The number of anilines is 1. The molecule has 0 spiro atoms. The smallest absolute Gasteiger partial charge is 0.271 e. The van der Waals surface area contributed by atoms with Crippen LogP contribution in [0.2, 0.25) is 0 Å². The third kappa shape index (κ3) is 2.72. The molecule has 0 atom stereocenters. The highest BCUT2D eigenvalue weighted by Crippen LogP contribution is 2.35. The van der Waals surface area contributed by atoms with Gasteiger partial charge in [-0.25, -0.2) is 13.8 Å². The number of halogens is 2. The molecule has 8 heteroatoms. The Hall–Kier alpha value is -2.61. The van der Waals surface area contributed by atoms with Gasteiger partial charge in [0, 0.05) is 17.0 Å². The van der Waals surface area contributed by atoms with Gasteiger partial charge in [0.2, 0.25) is 0 Å². The van der Waals surface area contributed by atoms with Crippen LogP contribution in [-0.2, 0) is 0 Å². The monoisotopic (exact) mass is 361 g/mol. The molecule has 3 aromatic rings. The van der Waals surface area contributed by atoms with E-state index in [-0.39, 0.29) is 22.9 Å². The van der Waals surface area contributed by atoms with E-state index in [0.29, 0.717) is 21.2 Å². The van der Waals surface area contributed by atoms with Gasteiger partial charge in [-0.1, -0.05) is 0 Å². The van der Waals surface area contributed by atoms with Gasteiger partial charge in [0.15, 0.2) is 0 Å². The maximum Gasteiger partial charge on any atom is 0.271 e. The van der Waals surface area contributed by atoms with Crippen molar-refractivity contribution >= 4 is 33.1 Å². The Bertz CT molecular complexity index is 1070. The van der Waals surface area contributed by atoms with Crippen LogP contribution >= 0.6 is 11.3 Å². The fraction of sp³-hybridized carbons (Fsp3) is 0.235. The lowest BCUT2D eigenvalue weighted by atomic mass is 10.2. The van der Waals surface area contributed by atoms with E-state index in [1.807, 2.05) is 0 Å². The van der Waals surface area contributed by atoms with Gasteiger partial charge in [0.05, 0.1) is 17.6 Å². The van der Waals surface area contributed by atoms with Crippen molar-refractivity contribution in [2.45, 2.75) is 25.8 Å². The number of benzene rings is 1. The van der Waals surface area contributed by atoms with Crippen molar-refractivity contribution in [2.75, 3.05) is 5.32 Å². The van der Waals surface area contributed by atoms with Gasteiger partial charge in [-0.3, -0.25) is 14.2 Å². The zero-order chi connectivity index (χ0) is 17.7. The van der Waals surface area contributed by atoms with E-state index in [9.17, 15) is 18.4 Å². The van der Waals surface area contributed by atoms with Gasteiger partial charge >= 0.3 is 0 Å². The number of carbonyl (C=O) groups is 1. The number of amides is 1. The number of rotatable bonds is 3. The first-order chi connectivity index (χ1) is 12.0. The number of nitrogens with one attached hydrogen (secondary N) is 1. The van der Waals surface area contributed by atoms with Crippen LogP contribution < -0.4 is 10.9 Å². The van der Waals surface area contributed by atoms with Crippen molar-refractivity contribution in [3.05, 3.63) is 57.0 Å². The predicted molar refractivity (Wildman–Crippen MR) is 91.2 cm³/mol. The van der Waals surface area contributed by atoms with Gasteiger partial charge in [0.25, 0.3) is 11.5 Å². The zero-order valence-corrected chi connectivity index (χ0v) is 14.0.